The second kappa shape index (κ2) is 13.2. The van der Waals surface area contributed by atoms with Crippen LogP contribution in [0.2, 0.25) is 0 Å². The minimum Gasteiger partial charge on any atom is -0.481 e. The van der Waals surface area contributed by atoms with Crippen LogP contribution in [-0.4, -0.2) is 75.1 Å². The Labute approximate surface area is 178 Å². The number of carboxylic acid groups (broad SMARTS) is 3. The molecule has 0 aromatic rings. The molecule has 176 valence electrons. The molecular weight excluding hydrogens is 416 g/mol. The van der Waals surface area contributed by atoms with Crippen LogP contribution < -0.4 is 21.7 Å². The molecule has 4 unspecified atom stereocenters. The molecule has 13 heteroatoms. The monoisotopic (exact) mass is 446 g/mol. The maximum absolute atomic E-state index is 12.5. The lowest BCUT2D eigenvalue weighted by Crippen LogP contribution is -2.56. The van der Waals surface area contributed by atoms with Crippen molar-refractivity contribution >= 4 is 35.6 Å². The Morgan fingerprint density at radius 1 is 0.774 bits per heavy atom. The third-order valence-electron chi connectivity index (χ3n) is 4.08. The van der Waals surface area contributed by atoms with Crippen LogP contribution >= 0.6 is 0 Å². The summed E-state index contributed by atoms with van der Waals surface area (Å²) < 4.78 is 0. The summed E-state index contributed by atoms with van der Waals surface area (Å²) >= 11 is 0. The lowest BCUT2D eigenvalue weighted by molar-refractivity contribution is -0.143. The summed E-state index contributed by atoms with van der Waals surface area (Å²) in [6.45, 7) is 4.77. The van der Waals surface area contributed by atoms with Crippen LogP contribution in [-0.2, 0) is 28.8 Å². The van der Waals surface area contributed by atoms with Crippen molar-refractivity contribution < 1.29 is 44.1 Å². The Bertz CT molecular complexity index is 696. The Hall–Kier alpha value is -3.22. The predicted molar refractivity (Wildman–Crippen MR) is 106 cm³/mol. The van der Waals surface area contributed by atoms with Gasteiger partial charge in [0.1, 0.15) is 18.1 Å². The smallest absolute Gasteiger partial charge is 0.326 e. The zero-order valence-corrected chi connectivity index (χ0v) is 17.6. The molecule has 0 rings (SSSR count). The van der Waals surface area contributed by atoms with Gasteiger partial charge in [0, 0.05) is 6.42 Å². The van der Waals surface area contributed by atoms with Crippen LogP contribution in [0.15, 0.2) is 0 Å². The van der Waals surface area contributed by atoms with Gasteiger partial charge in [0.25, 0.3) is 0 Å². The molecule has 4 atom stereocenters. The molecule has 31 heavy (non-hydrogen) atoms. The second-order valence-corrected chi connectivity index (χ2v) is 7.46. The number of hydrogen-bond donors (Lipinski definition) is 7. The van der Waals surface area contributed by atoms with E-state index in [2.05, 4.69) is 16.0 Å². The summed E-state index contributed by atoms with van der Waals surface area (Å²) in [6, 6.07) is -5.22. The summed E-state index contributed by atoms with van der Waals surface area (Å²) in [6.07, 6.45) is -1.34. The molecule has 0 aromatic heterocycles. The Morgan fingerprint density at radius 3 is 1.77 bits per heavy atom. The fourth-order valence-electron chi connectivity index (χ4n) is 2.47. The van der Waals surface area contributed by atoms with E-state index >= 15 is 0 Å². The van der Waals surface area contributed by atoms with Crippen molar-refractivity contribution in [2.45, 2.75) is 70.6 Å². The molecule has 0 fully saturated rings. The molecule has 3 amide bonds. The zero-order chi connectivity index (χ0) is 24.3. The van der Waals surface area contributed by atoms with E-state index in [1.165, 1.54) is 6.92 Å². The topological polar surface area (TPSA) is 225 Å². The highest BCUT2D eigenvalue weighted by atomic mass is 16.4. The van der Waals surface area contributed by atoms with Crippen LogP contribution in [0, 0.1) is 5.92 Å². The van der Waals surface area contributed by atoms with Crippen molar-refractivity contribution in [1.29, 1.82) is 0 Å². The van der Waals surface area contributed by atoms with Gasteiger partial charge in [-0.05, 0) is 25.7 Å². The largest absolute Gasteiger partial charge is 0.481 e. The SMILES string of the molecule is CC(C)CC(NC(=O)C(CCC(=O)O)NC(=O)C(C)NC(=O)C(N)CC(=O)O)C(=O)O. The fourth-order valence-corrected chi connectivity index (χ4v) is 2.47. The normalized spacial score (nSPS) is 14.6. The van der Waals surface area contributed by atoms with E-state index in [1.807, 2.05) is 0 Å². The van der Waals surface area contributed by atoms with Crippen molar-refractivity contribution in [2.75, 3.05) is 0 Å². The van der Waals surface area contributed by atoms with Gasteiger partial charge >= 0.3 is 17.9 Å². The number of carbonyl (C=O) groups is 6. The first kappa shape index (κ1) is 27.8. The van der Waals surface area contributed by atoms with E-state index in [0.717, 1.165) is 0 Å². The van der Waals surface area contributed by atoms with Crippen molar-refractivity contribution in [3.63, 3.8) is 0 Å². The van der Waals surface area contributed by atoms with Gasteiger partial charge in [-0.15, -0.1) is 0 Å². The number of carbonyl (C=O) groups excluding carboxylic acids is 3. The molecule has 0 aliphatic carbocycles. The number of aliphatic carboxylic acids is 3. The van der Waals surface area contributed by atoms with Crippen molar-refractivity contribution in [2.24, 2.45) is 11.7 Å². The van der Waals surface area contributed by atoms with E-state index in [-0.39, 0.29) is 18.8 Å². The Balaban J connectivity index is 5.19. The fraction of sp³-hybridized carbons (Fsp3) is 0.667. The number of carboxylic acids is 3. The number of nitrogens with one attached hydrogen (secondary N) is 3. The summed E-state index contributed by atoms with van der Waals surface area (Å²) in [5, 5.41) is 33.5. The minimum atomic E-state index is -1.40. The van der Waals surface area contributed by atoms with Crippen LogP contribution in [0.4, 0.5) is 0 Å². The lowest BCUT2D eigenvalue weighted by Gasteiger charge is -2.24. The summed E-state index contributed by atoms with van der Waals surface area (Å²) in [5.74, 6) is -6.53. The van der Waals surface area contributed by atoms with Crippen LogP contribution in [0.25, 0.3) is 0 Å². The second-order valence-electron chi connectivity index (χ2n) is 7.46. The molecule has 0 spiro atoms. The van der Waals surface area contributed by atoms with Gasteiger partial charge in [-0.25, -0.2) is 4.79 Å². The van der Waals surface area contributed by atoms with E-state index < -0.39 is 72.6 Å². The first-order valence-electron chi connectivity index (χ1n) is 9.57. The van der Waals surface area contributed by atoms with Crippen molar-refractivity contribution in [3.05, 3.63) is 0 Å². The van der Waals surface area contributed by atoms with Gasteiger partial charge in [0.05, 0.1) is 12.5 Å². The summed E-state index contributed by atoms with van der Waals surface area (Å²) in [4.78, 5) is 69.5. The quantitative estimate of drug-likeness (QED) is 0.159. The van der Waals surface area contributed by atoms with Crippen LogP contribution in [0.3, 0.4) is 0 Å². The average molecular weight is 446 g/mol. The maximum atomic E-state index is 12.5. The maximum Gasteiger partial charge on any atom is 0.326 e. The van der Waals surface area contributed by atoms with Gasteiger partial charge in [-0.1, -0.05) is 13.8 Å². The van der Waals surface area contributed by atoms with Crippen molar-refractivity contribution in [3.8, 4) is 0 Å². The molecule has 0 radical (unpaired) electrons. The Kier molecular flexibility index (Phi) is 11.8. The zero-order valence-electron chi connectivity index (χ0n) is 17.6. The number of hydrogen-bond acceptors (Lipinski definition) is 7. The lowest BCUT2D eigenvalue weighted by atomic mass is 10.0. The highest BCUT2D eigenvalue weighted by Gasteiger charge is 2.29. The molecule has 13 nitrogen and oxygen atoms in total. The summed E-state index contributed by atoms with van der Waals surface area (Å²) in [7, 11) is 0. The van der Waals surface area contributed by atoms with E-state index in [0.29, 0.717) is 0 Å². The average Bonchev–Trinajstić information content (AvgIpc) is 2.62. The number of amides is 3. The van der Waals surface area contributed by atoms with E-state index in [4.69, 9.17) is 15.9 Å². The third-order valence-corrected chi connectivity index (χ3v) is 4.08. The predicted octanol–water partition coefficient (Wildman–Crippen LogP) is -1.74. The van der Waals surface area contributed by atoms with Gasteiger partial charge in [0.2, 0.25) is 17.7 Å². The van der Waals surface area contributed by atoms with Crippen LogP contribution in [0.1, 0.15) is 46.5 Å². The highest BCUT2D eigenvalue weighted by Crippen LogP contribution is 2.07. The number of rotatable bonds is 14. The van der Waals surface area contributed by atoms with Crippen LogP contribution in [0.5, 0.6) is 0 Å². The minimum absolute atomic E-state index is 0.0568. The number of nitrogens with two attached hydrogens (primary N) is 1. The molecule has 0 aromatic carbocycles. The molecule has 0 aliphatic rings. The molecule has 8 N–H and O–H groups in total. The molecule has 0 bridgehead atoms. The standard InChI is InChI=1S/C18H30N4O9/c1-8(2)6-12(18(30)31)22-17(29)11(4-5-13(23)24)21-15(27)9(3)20-16(28)10(19)7-14(25)26/h8-12H,4-7,19H2,1-3H3,(H,20,28)(H,21,27)(H,22,29)(H,23,24)(H,25,26)(H,30,31). The molecule has 0 aliphatic heterocycles. The molecule has 0 heterocycles. The first-order chi connectivity index (χ1) is 14.2. The van der Waals surface area contributed by atoms with Gasteiger partial charge in [0.15, 0.2) is 0 Å². The third kappa shape index (κ3) is 11.5. The van der Waals surface area contributed by atoms with E-state index in [9.17, 15) is 33.9 Å². The highest BCUT2D eigenvalue weighted by molar-refractivity contribution is 5.94. The summed E-state index contributed by atoms with van der Waals surface area (Å²) in [5.41, 5.74) is 5.41. The van der Waals surface area contributed by atoms with Gasteiger partial charge in [-0.2, -0.15) is 0 Å². The van der Waals surface area contributed by atoms with Crippen molar-refractivity contribution in [1.82, 2.24) is 16.0 Å². The van der Waals surface area contributed by atoms with Gasteiger partial charge in [-0.3, -0.25) is 24.0 Å². The van der Waals surface area contributed by atoms with Gasteiger partial charge < -0.3 is 37.0 Å². The molecular formula is C18H30N4O9. The molecule has 0 saturated heterocycles. The Morgan fingerprint density at radius 2 is 1.32 bits per heavy atom. The first-order valence-corrected chi connectivity index (χ1v) is 9.57. The van der Waals surface area contributed by atoms with E-state index in [1.54, 1.807) is 13.8 Å². The molecule has 0 saturated carbocycles.